The zero-order chi connectivity index (χ0) is 11.4. The van der Waals surface area contributed by atoms with Gasteiger partial charge in [-0.3, -0.25) is 4.79 Å². The van der Waals surface area contributed by atoms with E-state index < -0.39 is 0 Å². The molecular weight excluding hydrogens is 236 g/mol. The summed E-state index contributed by atoms with van der Waals surface area (Å²) in [6, 6.07) is 8.03. The number of halogens is 1. The zero-order valence-electron chi connectivity index (χ0n) is 10.0. The second kappa shape index (κ2) is 6.62. The third-order valence-corrected chi connectivity index (χ3v) is 2.99. The lowest BCUT2D eigenvalue weighted by molar-refractivity contribution is 0.0929. The molecule has 1 aromatic rings. The third-order valence-electron chi connectivity index (χ3n) is 2.99. The van der Waals surface area contributed by atoms with Crippen molar-refractivity contribution in [3.8, 4) is 0 Å². The predicted octanol–water partition coefficient (Wildman–Crippen LogP) is 1.90. The first-order valence-electron chi connectivity index (χ1n) is 5.84. The first-order chi connectivity index (χ1) is 7.75. The number of carbonyl (C=O) groups excluding carboxylic acids is 1. The molecule has 2 rings (SSSR count). The number of carbonyl (C=O) groups is 1. The molecule has 1 aromatic carbocycles. The van der Waals surface area contributed by atoms with E-state index in [4.69, 9.17) is 0 Å². The molecule has 0 unspecified atom stereocenters. The van der Waals surface area contributed by atoms with Gasteiger partial charge < -0.3 is 10.6 Å². The Bertz CT molecular complexity index is 358. The average Bonchev–Trinajstić information content (AvgIpc) is 2.31. The number of hydrogen-bond donors (Lipinski definition) is 2. The Kier molecular flexibility index (Phi) is 5.45. The van der Waals surface area contributed by atoms with Crippen molar-refractivity contribution in [1.82, 2.24) is 10.6 Å². The van der Waals surface area contributed by atoms with Gasteiger partial charge in [0.15, 0.2) is 0 Å². The van der Waals surface area contributed by atoms with Crippen molar-refractivity contribution < 1.29 is 4.79 Å². The number of amides is 1. The number of piperidine rings is 1. The van der Waals surface area contributed by atoms with Crippen LogP contribution in [0.3, 0.4) is 0 Å². The summed E-state index contributed by atoms with van der Waals surface area (Å²) in [4.78, 5) is 11.9. The molecule has 0 spiro atoms. The van der Waals surface area contributed by atoms with Crippen LogP contribution < -0.4 is 10.6 Å². The molecule has 0 radical (unpaired) electrons. The van der Waals surface area contributed by atoms with E-state index >= 15 is 0 Å². The molecule has 0 aliphatic carbocycles. The average molecular weight is 255 g/mol. The van der Waals surface area contributed by atoms with Crippen LogP contribution in [0, 0.1) is 6.92 Å². The largest absolute Gasteiger partial charge is 0.349 e. The van der Waals surface area contributed by atoms with E-state index in [1.54, 1.807) is 0 Å². The highest BCUT2D eigenvalue weighted by molar-refractivity contribution is 5.94. The van der Waals surface area contributed by atoms with Crippen molar-refractivity contribution in [3.63, 3.8) is 0 Å². The lowest BCUT2D eigenvalue weighted by Gasteiger charge is -2.23. The molecule has 4 heteroatoms. The van der Waals surface area contributed by atoms with Gasteiger partial charge in [-0.25, -0.2) is 0 Å². The van der Waals surface area contributed by atoms with Crippen molar-refractivity contribution in [3.05, 3.63) is 35.4 Å². The quantitative estimate of drug-likeness (QED) is 0.847. The van der Waals surface area contributed by atoms with Crippen LogP contribution in [0.1, 0.15) is 28.8 Å². The minimum Gasteiger partial charge on any atom is -0.349 e. The molecule has 17 heavy (non-hydrogen) atoms. The summed E-state index contributed by atoms with van der Waals surface area (Å²) >= 11 is 0. The molecule has 1 saturated heterocycles. The van der Waals surface area contributed by atoms with Gasteiger partial charge in [-0.2, -0.15) is 0 Å². The lowest BCUT2D eigenvalue weighted by Crippen LogP contribution is -2.42. The summed E-state index contributed by atoms with van der Waals surface area (Å²) in [5.74, 6) is 0.0481. The number of aryl methyl sites for hydroxylation is 1. The lowest BCUT2D eigenvalue weighted by atomic mass is 10.1. The summed E-state index contributed by atoms with van der Waals surface area (Å²) in [7, 11) is 0. The summed E-state index contributed by atoms with van der Waals surface area (Å²) in [6.07, 6.45) is 2.05. The topological polar surface area (TPSA) is 41.1 Å². The van der Waals surface area contributed by atoms with Gasteiger partial charge in [0, 0.05) is 11.6 Å². The maximum Gasteiger partial charge on any atom is 0.251 e. The van der Waals surface area contributed by atoms with Crippen LogP contribution in [-0.2, 0) is 0 Å². The normalized spacial score (nSPS) is 16.1. The highest BCUT2D eigenvalue weighted by Crippen LogP contribution is 2.06. The van der Waals surface area contributed by atoms with E-state index in [0.717, 1.165) is 31.5 Å². The second-order valence-electron chi connectivity index (χ2n) is 4.36. The van der Waals surface area contributed by atoms with E-state index in [0.29, 0.717) is 6.04 Å². The predicted molar refractivity (Wildman–Crippen MR) is 71.8 cm³/mol. The first-order valence-corrected chi connectivity index (χ1v) is 5.84. The molecule has 0 atom stereocenters. The van der Waals surface area contributed by atoms with Crippen LogP contribution in [0.5, 0.6) is 0 Å². The molecule has 94 valence electrons. The molecule has 1 aliphatic rings. The third kappa shape index (κ3) is 4.02. The number of hydrogen-bond acceptors (Lipinski definition) is 2. The zero-order valence-corrected chi connectivity index (χ0v) is 10.8. The van der Waals surface area contributed by atoms with Gasteiger partial charge in [0.1, 0.15) is 0 Å². The van der Waals surface area contributed by atoms with Gasteiger partial charge in [-0.05, 0) is 45.0 Å². The Labute approximate surface area is 108 Å². The minimum atomic E-state index is 0. The summed E-state index contributed by atoms with van der Waals surface area (Å²) in [5, 5.41) is 6.36. The monoisotopic (exact) mass is 254 g/mol. The second-order valence-corrected chi connectivity index (χ2v) is 4.36. The van der Waals surface area contributed by atoms with Crippen molar-refractivity contribution in [2.24, 2.45) is 0 Å². The molecule has 1 heterocycles. The first kappa shape index (κ1) is 14.0. The van der Waals surface area contributed by atoms with E-state index in [1.807, 2.05) is 31.2 Å². The standard InChI is InChI=1S/C13H18N2O.ClH/c1-10-2-4-11(5-3-10)13(16)15-12-6-8-14-9-7-12;/h2-5,12,14H,6-9H2,1H3,(H,15,16);1H. The summed E-state index contributed by atoms with van der Waals surface area (Å²) in [5.41, 5.74) is 1.93. The molecular formula is C13H19ClN2O. The van der Waals surface area contributed by atoms with E-state index in [1.165, 1.54) is 5.56 Å². The Balaban J connectivity index is 0.00000144. The number of benzene rings is 1. The minimum absolute atomic E-state index is 0. The van der Waals surface area contributed by atoms with E-state index in [2.05, 4.69) is 10.6 Å². The van der Waals surface area contributed by atoms with Crippen molar-refractivity contribution >= 4 is 18.3 Å². The van der Waals surface area contributed by atoms with Gasteiger partial charge in [-0.15, -0.1) is 12.4 Å². The van der Waals surface area contributed by atoms with Gasteiger partial charge in [0.05, 0.1) is 0 Å². The highest BCUT2D eigenvalue weighted by Gasteiger charge is 2.15. The van der Waals surface area contributed by atoms with Crippen LogP contribution in [0.15, 0.2) is 24.3 Å². The Morgan fingerprint density at radius 1 is 1.24 bits per heavy atom. The fraction of sp³-hybridized carbons (Fsp3) is 0.462. The Hall–Kier alpha value is -1.06. The maximum atomic E-state index is 11.9. The molecule has 0 aromatic heterocycles. The van der Waals surface area contributed by atoms with E-state index in [-0.39, 0.29) is 18.3 Å². The number of nitrogens with one attached hydrogen (secondary N) is 2. The Morgan fingerprint density at radius 3 is 2.41 bits per heavy atom. The fourth-order valence-electron chi connectivity index (χ4n) is 1.94. The smallest absolute Gasteiger partial charge is 0.251 e. The van der Waals surface area contributed by atoms with Crippen LogP contribution >= 0.6 is 12.4 Å². The van der Waals surface area contributed by atoms with Gasteiger partial charge in [0.25, 0.3) is 5.91 Å². The maximum absolute atomic E-state index is 11.9. The van der Waals surface area contributed by atoms with E-state index in [9.17, 15) is 4.79 Å². The molecule has 3 nitrogen and oxygen atoms in total. The summed E-state index contributed by atoms with van der Waals surface area (Å²) < 4.78 is 0. The van der Waals surface area contributed by atoms with Crippen molar-refractivity contribution in [2.45, 2.75) is 25.8 Å². The Morgan fingerprint density at radius 2 is 1.82 bits per heavy atom. The highest BCUT2D eigenvalue weighted by atomic mass is 35.5. The number of rotatable bonds is 2. The molecule has 0 saturated carbocycles. The fourth-order valence-corrected chi connectivity index (χ4v) is 1.94. The van der Waals surface area contributed by atoms with Crippen molar-refractivity contribution in [1.29, 1.82) is 0 Å². The van der Waals surface area contributed by atoms with Crippen molar-refractivity contribution in [2.75, 3.05) is 13.1 Å². The molecule has 1 amide bonds. The van der Waals surface area contributed by atoms with Gasteiger partial charge >= 0.3 is 0 Å². The molecule has 2 N–H and O–H groups in total. The van der Waals surface area contributed by atoms with Crippen LogP contribution in [-0.4, -0.2) is 25.0 Å². The van der Waals surface area contributed by atoms with Crippen LogP contribution in [0.25, 0.3) is 0 Å². The summed E-state index contributed by atoms with van der Waals surface area (Å²) in [6.45, 7) is 4.02. The van der Waals surface area contributed by atoms with Gasteiger partial charge in [0.2, 0.25) is 0 Å². The van der Waals surface area contributed by atoms with Gasteiger partial charge in [-0.1, -0.05) is 17.7 Å². The molecule has 1 aliphatic heterocycles. The van der Waals surface area contributed by atoms with Crippen LogP contribution in [0.2, 0.25) is 0 Å². The SMILES string of the molecule is Cc1ccc(C(=O)NC2CCNCC2)cc1.Cl. The van der Waals surface area contributed by atoms with Crippen LogP contribution in [0.4, 0.5) is 0 Å². The molecule has 0 bridgehead atoms. The molecule has 1 fully saturated rings.